The minimum Gasteiger partial charge on any atom is -0.466 e. The average Bonchev–Trinajstić information content (AvgIpc) is 1.88. The molecule has 0 saturated heterocycles. The van der Waals surface area contributed by atoms with E-state index in [4.69, 9.17) is 10.2 Å². The molecule has 4 nitrogen and oxygen atoms in total. The zero-order valence-electron chi connectivity index (χ0n) is 5.20. The van der Waals surface area contributed by atoms with Gasteiger partial charge in [-0.25, -0.2) is 4.79 Å². The van der Waals surface area contributed by atoms with Gasteiger partial charge in [0.2, 0.25) is 0 Å². The molecule has 0 aromatic heterocycles. The summed E-state index contributed by atoms with van der Waals surface area (Å²) in [6, 6.07) is 0. The molecule has 0 rings (SSSR count). The third kappa shape index (κ3) is 19.2. The zero-order chi connectivity index (χ0) is 7.70. The van der Waals surface area contributed by atoms with Crippen LogP contribution in [0, 0.1) is 0 Å². The van der Waals surface area contributed by atoms with Crippen molar-refractivity contribution in [1.29, 1.82) is 0 Å². The molecule has 0 bridgehead atoms. The van der Waals surface area contributed by atoms with E-state index in [0.29, 0.717) is 0 Å². The van der Waals surface area contributed by atoms with Crippen LogP contribution in [0.4, 0.5) is 0 Å². The Labute approximate surface area is 53.4 Å². The van der Waals surface area contributed by atoms with Gasteiger partial charge in [0, 0.05) is 6.08 Å². The highest BCUT2D eigenvalue weighted by Crippen LogP contribution is 1.67. The number of hydrogen-bond donors (Lipinski definition) is 2. The molecule has 9 heavy (non-hydrogen) atoms. The molecule has 0 unspecified atom stereocenters. The summed E-state index contributed by atoms with van der Waals surface area (Å²) in [6.45, 7) is 2.41. The lowest BCUT2D eigenvalue weighted by Crippen LogP contribution is -1.91. The van der Waals surface area contributed by atoms with Gasteiger partial charge in [0.25, 0.3) is 0 Å². The maximum absolute atomic E-state index is 9.84. The third-order valence-corrected chi connectivity index (χ3v) is 0.368. The van der Waals surface area contributed by atoms with Gasteiger partial charge in [-0.15, -0.1) is 0 Å². The Bertz CT molecular complexity index is 79.0. The van der Waals surface area contributed by atoms with Crippen molar-refractivity contribution in [2.24, 2.45) is 0 Å². The van der Waals surface area contributed by atoms with Gasteiger partial charge in [-0.3, -0.25) is 0 Å². The predicted molar refractivity (Wildman–Crippen MR) is 31.5 cm³/mol. The fraction of sp³-hybridized carbons (Fsp3) is 0.400. The Morgan fingerprint density at radius 2 is 2.11 bits per heavy atom. The first-order chi connectivity index (χ1) is 4.22. The highest BCUT2D eigenvalue weighted by Gasteiger charge is 1.81. The summed E-state index contributed by atoms with van der Waals surface area (Å²) in [7, 11) is 1.31. The van der Waals surface area contributed by atoms with E-state index in [1.807, 2.05) is 0 Å². The standard InChI is InChI=1S/C4H6O2.CH4O2/c1-3-4(5)6-2;2-1-3/h3H,1H2,2H3;2-3H,1H2. The van der Waals surface area contributed by atoms with E-state index in [1.165, 1.54) is 7.11 Å². The SMILES string of the molecule is C=CC(=O)OC.OCO. The smallest absolute Gasteiger partial charge is 0.329 e. The first-order valence-electron chi connectivity index (χ1n) is 2.15. The molecular formula is C5H10O4. The first kappa shape index (κ1) is 11.0. The Morgan fingerprint density at radius 1 is 1.78 bits per heavy atom. The molecule has 4 heteroatoms. The summed E-state index contributed by atoms with van der Waals surface area (Å²) in [4.78, 5) is 9.84. The molecule has 0 saturated carbocycles. The zero-order valence-corrected chi connectivity index (χ0v) is 5.20. The summed E-state index contributed by atoms with van der Waals surface area (Å²) in [6.07, 6.45) is 1.11. The van der Waals surface area contributed by atoms with Crippen molar-refractivity contribution in [1.82, 2.24) is 0 Å². The van der Waals surface area contributed by atoms with E-state index in [0.717, 1.165) is 6.08 Å². The number of ether oxygens (including phenoxy) is 1. The van der Waals surface area contributed by atoms with Gasteiger partial charge >= 0.3 is 5.97 Å². The molecule has 0 aliphatic heterocycles. The quantitative estimate of drug-likeness (QED) is 0.282. The monoisotopic (exact) mass is 134 g/mol. The van der Waals surface area contributed by atoms with Crippen LogP contribution in [0.1, 0.15) is 0 Å². The minimum absolute atomic E-state index is 0.394. The van der Waals surface area contributed by atoms with Crippen molar-refractivity contribution in [3.63, 3.8) is 0 Å². The van der Waals surface area contributed by atoms with E-state index >= 15 is 0 Å². The van der Waals surface area contributed by atoms with Crippen molar-refractivity contribution >= 4 is 5.97 Å². The highest BCUT2D eigenvalue weighted by atomic mass is 16.5. The van der Waals surface area contributed by atoms with Crippen LogP contribution in [-0.2, 0) is 9.53 Å². The largest absolute Gasteiger partial charge is 0.466 e. The Kier molecular flexibility index (Phi) is 12.4. The summed E-state index contributed by atoms with van der Waals surface area (Å²) in [5.74, 6) is -0.394. The number of carbonyl (C=O) groups is 1. The summed E-state index contributed by atoms with van der Waals surface area (Å²) in [5.41, 5.74) is 0. The molecule has 0 spiro atoms. The lowest BCUT2D eigenvalue weighted by molar-refractivity contribution is -0.134. The van der Waals surface area contributed by atoms with Crippen LogP contribution in [0.15, 0.2) is 12.7 Å². The topological polar surface area (TPSA) is 66.8 Å². The Morgan fingerprint density at radius 3 is 2.11 bits per heavy atom. The van der Waals surface area contributed by atoms with Crippen LogP contribution < -0.4 is 0 Å². The van der Waals surface area contributed by atoms with E-state index < -0.39 is 12.8 Å². The number of aliphatic hydroxyl groups is 2. The number of aliphatic hydroxyl groups excluding tert-OH is 1. The first-order valence-corrected chi connectivity index (χ1v) is 2.15. The van der Waals surface area contributed by atoms with Crippen molar-refractivity contribution in [2.45, 2.75) is 0 Å². The molecule has 0 radical (unpaired) electrons. The maximum atomic E-state index is 9.84. The van der Waals surface area contributed by atoms with E-state index in [2.05, 4.69) is 11.3 Å². The Hall–Kier alpha value is -0.870. The van der Waals surface area contributed by atoms with E-state index in [1.54, 1.807) is 0 Å². The van der Waals surface area contributed by atoms with Crippen LogP contribution in [0.5, 0.6) is 0 Å². The van der Waals surface area contributed by atoms with Crippen molar-refractivity contribution in [3.8, 4) is 0 Å². The molecule has 0 aliphatic carbocycles. The molecule has 0 atom stereocenters. The summed E-state index contributed by atoms with van der Waals surface area (Å²) >= 11 is 0. The van der Waals surface area contributed by atoms with Crippen LogP contribution in [0.25, 0.3) is 0 Å². The molecule has 0 amide bonds. The molecule has 0 aromatic rings. The van der Waals surface area contributed by atoms with Crippen LogP contribution in [0.2, 0.25) is 0 Å². The lowest BCUT2D eigenvalue weighted by Gasteiger charge is -1.83. The molecule has 54 valence electrons. The molecule has 0 fully saturated rings. The second-order valence-corrected chi connectivity index (χ2v) is 0.869. The van der Waals surface area contributed by atoms with E-state index in [-0.39, 0.29) is 0 Å². The van der Waals surface area contributed by atoms with Gasteiger partial charge in [0.1, 0.15) is 6.79 Å². The number of rotatable bonds is 1. The van der Waals surface area contributed by atoms with Crippen molar-refractivity contribution in [3.05, 3.63) is 12.7 Å². The van der Waals surface area contributed by atoms with Gasteiger partial charge in [-0.1, -0.05) is 6.58 Å². The van der Waals surface area contributed by atoms with Gasteiger partial charge in [-0.2, -0.15) is 0 Å². The normalized spacial score (nSPS) is 6.56. The fourth-order valence-electron chi connectivity index (χ4n) is 0.0833. The molecular weight excluding hydrogens is 124 g/mol. The molecule has 0 aromatic carbocycles. The summed E-state index contributed by atoms with van der Waals surface area (Å²) < 4.78 is 4.14. The highest BCUT2D eigenvalue weighted by molar-refractivity contribution is 5.80. The molecule has 0 aliphatic rings. The van der Waals surface area contributed by atoms with Crippen LogP contribution in [-0.4, -0.2) is 30.1 Å². The number of esters is 1. The van der Waals surface area contributed by atoms with Crippen molar-refractivity contribution < 1.29 is 19.7 Å². The predicted octanol–water partition coefficient (Wildman–Crippen LogP) is -0.726. The lowest BCUT2D eigenvalue weighted by atomic mass is 10.7. The second-order valence-electron chi connectivity index (χ2n) is 0.869. The fourth-order valence-corrected chi connectivity index (χ4v) is 0.0833. The molecule has 0 heterocycles. The van der Waals surface area contributed by atoms with Crippen molar-refractivity contribution in [2.75, 3.05) is 13.9 Å². The average molecular weight is 134 g/mol. The minimum atomic E-state index is -0.750. The van der Waals surface area contributed by atoms with E-state index in [9.17, 15) is 4.79 Å². The Balaban J connectivity index is 0. The number of carbonyl (C=O) groups excluding carboxylic acids is 1. The van der Waals surface area contributed by atoms with Gasteiger partial charge < -0.3 is 14.9 Å². The number of methoxy groups -OCH3 is 1. The third-order valence-electron chi connectivity index (χ3n) is 0.368. The van der Waals surface area contributed by atoms with Gasteiger partial charge in [0.15, 0.2) is 0 Å². The molecule has 2 N–H and O–H groups in total. The summed E-state index contributed by atoms with van der Waals surface area (Å²) in [5, 5.41) is 14.2. The van der Waals surface area contributed by atoms with Gasteiger partial charge in [0.05, 0.1) is 7.11 Å². The van der Waals surface area contributed by atoms with Crippen LogP contribution in [0.3, 0.4) is 0 Å². The van der Waals surface area contributed by atoms with Gasteiger partial charge in [-0.05, 0) is 0 Å². The van der Waals surface area contributed by atoms with Crippen LogP contribution >= 0.6 is 0 Å². The maximum Gasteiger partial charge on any atom is 0.329 e. The number of hydrogen-bond acceptors (Lipinski definition) is 4. The second kappa shape index (κ2) is 10.2.